The fraction of sp³-hybridized carbons (Fsp3) is 0.167. The third-order valence-electron chi connectivity index (χ3n) is 4.37. The standard InChI is InChI=1S/C18H14N4O/c1-11-14-8-12(10-19)9-15(13-2-4-20-5-3-13)17(14)22-7-6-21-18(23)16(11)22/h2-5,8-9H,6-7H2,1H3,(H,21,23). The highest BCUT2D eigenvalue weighted by Crippen LogP contribution is 2.35. The molecule has 2 aromatic heterocycles. The summed E-state index contributed by atoms with van der Waals surface area (Å²) >= 11 is 0. The molecular formula is C18H14N4O. The van der Waals surface area contributed by atoms with Crippen LogP contribution in [0.4, 0.5) is 0 Å². The van der Waals surface area contributed by atoms with E-state index in [1.165, 1.54) is 0 Å². The summed E-state index contributed by atoms with van der Waals surface area (Å²) < 4.78 is 2.07. The third-order valence-corrected chi connectivity index (χ3v) is 4.37. The Kier molecular flexibility index (Phi) is 2.91. The SMILES string of the molecule is Cc1c2n(c3c(-c4ccncc4)cc(C#N)cc13)CCNC2=O. The minimum Gasteiger partial charge on any atom is -0.349 e. The lowest BCUT2D eigenvalue weighted by atomic mass is 9.99. The lowest BCUT2D eigenvalue weighted by molar-refractivity contribution is 0.0928. The quantitative estimate of drug-likeness (QED) is 0.751. The Hall–Kier alpha value is -3.13. The van der Waals surface area contributed by atoms with E-state index in [-0.39, 0.29) is 5.91 Å². The molecule has 1 aliphatic heterocycles. The Morgan fingerprint density at radius 2 is 2.09 bits per heavy atom. The molecule has 112 valence electrons. The van der Waals surface area contributed by atoms with Crippen molar-refractivity contribution in [3.63, 3.8) is 0 Å². The van der Waals surface area contributed by atoms with Gasteiger partial charge in [-0.3, -0.25) is 9.78 Å². The molecule has 3 heterocycles. The summed E-state index contributed by atoms with van der Waals surface area (Å²) in [6, 6.07) is 9.83. The Bertz CT molecular complexity index is 980. The molecule has 0 saturated heterocycles. The van der Waals surface area contributed by atoms with Crippen molar-refractivity contribution < 1.29 is 4.79 Å². The summed E-state index contributed by atoms with van der Waals surface area (Å²) in [5, 5.41) is 13.2. The number of nitrogens with zero attached hydrogens (tertiary/aromatic N) is 3. The van der Waals surface area contributed by atoms with Crippen LogP contribution in [0.3, 0.4) is 0 Å². The molecule has 1 N–H and O–H groups in total. The monoisotopic (exact) mass is 302 g/mol. The van der Waals surface area contributed by atoms with Gasteiger partial charge in [-0.25, -0.2) is 0 Å². The highest BCUT2D eigenvalue weighted by atomic mass is 16.2. The first kappa shape index (κ1) is 13.5. The first-order chi connectivity index (χ1) is 11.2. The van der Waals surface area contributed by atoms with Crippen LogP contribution in [-0.2, 0) is 6.54 Å². The van der Waals surface area contributed by atoms with Crippen LogP contribution < -0.4 is 5.32 Å². The van der Waals surface area contributed by atoms with Crippen molar-refractivity contribution in [1.82, 2.24) is 14.9 Å². The van der Waals surface area contributed by atoms with Gasteiger partial charge in [0, 0.05) is 36.4 Å². The van der Waals surface area contributed by atoms with Crippen molar-refractivity contribution in [2.45, 2.75) is 13.5 Å². The van der Waals surface area contributed by atoms with Crippen molar-refractivity contribution >= 4 is 16.8 Å². The molecule has 0 saturated carbocycles. The summed E-state index contributed by atoms with van der Waals surface area (Å²) in [5.74, 6) is -0.0517. The average Bonchev–Trinajstić information content (AvgIpc) is 2.89. The van der Waals surface area contributed by atoms with Gasteiger partial charge in [0.2, 0.25) is 0 Å². The number of nitrogens with one attached hydrogen (secondary N) is 1. The molecule has 0 fully saturated rings. The number of aryl methyl sites for hydroxylation is 1. The van der Waals surface area contributed by atoms with E-state index in [0.717, 1.165) is 34.1 Å². The lowest BCUT2D eigenvalue weighted by Crippen LogP contribution is -2.35. The first-order valence-electron chi connectivity index (χ1n) is 7.46. The second-order valence-corrected chi connectivity index (χ2v) is 5.65. The van der Waals surface area contributed by atoms with E-state index in [9.17, 15) is 10.1 Å². The summed E-state index contributed by atoms with van der Waals surface area (Å²) in [5.41, 5.74) is 5.17. The molecule has 1 aromatic carbocycles. The molecule has 4 rings (SSSR count). The zero-order valence-corrected chi connectivity index (χ0v) is 12.6. The van der Waals surface area contributed by atoms with Gasteiger partial charge in [-0.05, 0) is 42.3 Å². The predicted molar refractivity (Wildman–Crippen MR) is 87.0 cm³/mol. The van der Waals surface area contributed by atoms with Crippen molar-refractivity contribution in [3.8, 4) is 17.2 Å². The number of aromatic nitrogens is 2. The summed E-state index contributed by atoms with van der Waals surface area (Å²) in [4.78, 5) is 16.3. The number of carbonyl (C=O) groups excluding carboxylic acids is 1. The molecule has 1 aliphatic rings. The van der Waals surface area contributed by atoms with Crippen molar-refractivity contribution in [2.24, 2.45) is 0 Å². The molecule has 0 radical (unpaired) electrons. The number of pyridine rings is 1. The number of benzene rings is 1. The van der Waals surface area contributed by atoms with Gasteiger partial charge in [0.25, 0.3) is 5.91 Å². The van der Waals surface area contributed by atoms with E-state index in [4.69, 9.17) is 0 Å². The number of hydrogen-bond donors (Lipinski definition) is 1. The number of fused-ring (bicyclic) bond motifs is 3. The van der Waals surface area contributed by atoms with E-state index in [2.05, 4.69) is 20.9 Å². The maximum absolute atomic E-state index is 12.3. The third kappa shape index (κ3) is 1.92. The molecule has 0 unspecified atom stereocenters. The van der Waals surface area contributed by atoms with E-state index in [0.29, 0.717) is 17.8 Å². The summed E-state index contributed by atoms with van der Waals surface area (Å²) in [6.07, 6.45) is 3.47. The zero-order chi connectivity index (χ0) is 16.0. The average molecular weight is 302 g/mol. The summed E-state index contributed by atoms with van der Waals surface area (Å²) in [6.45, 7) is 3.29. The molecule has 5 heteroatoms. The number of amides is 1. The lowest BCUT2D eigenvalue weighted by Gasteiger charge is -2.18. The van der Waals surface area contributed by atoms with E-state index in [1.807, 2.05) is 31.2 Å². The molecule has 0 spiro atoms. The normalized spacial score (nSPS) is 13.5. The van der Waals surface area contributed by atoms with Crippen LogP contribution in [0.1, 0.15) is 21.6 Å². The van der Waals surface area contributed by atoms with Crippen LogP contribution in [-0.4, -0.2) is 22.0 Å². The highest BCUT2D eigenvalue weighted by molar-refractivity contribution is 6.06. The molecule has 0 aliphatic carbocycles. The molecular weight excluding hydrogens is 288 g/mol. The zero-order valence-electron chi connectivity index (χ0n) is 12.6. The van der Waals surface area contributed by atoms with Gasteiger partial charge in [0.15, 0.2) is 0 Å². The van der Waals surface area contributed by atoms with Gasteiger partial charge in [0.1, 0.15) is 5.69 Å². The highest BCUT2D eigenvalue weighted by Gasteiger charge is 2.25. The predicted octanol–water partition coefficient (Wildman–Crippen LogP) is 2.63. The van der Waals surface area contributed by atoms with Crippen LogP contribution in [0.2, 0.25) is 0 Å². The maximum atomic E-state index is 12.3. The smallest absolute Gasteiger partial charge is 0.268 e. The van der Waals surface area contributed by atoms with Crippen molar-refractivity contribution in [3.05, 3.63) is 53.5 Å². The van der Waals surface area contributed by atoms with Gasteiger partial charge < -0.3 is 9.88 Å². The largest absolute Gasteiger partial charge is 0.349 e. The van der Waals surface area contributed by atoms with E-state index in [1.54, 1.807) is 12.4 Å². The molecule has 0 bridgehead atoms. The molecule has 5 nitrogen and oxygen atoms in total. The first-order valence-corrected chi connectivity index (χ1v) is 7.46. The van der Waals surface area contributed by atoms with Gasteiger partial charge >= 0.3 is 0 Å². The van der Waals surface area contributed by atoms with Gasteiger partial charge in [-0.1, -0.05) is 0 Å². The topological polar surface area (TPSA) is 70.7 Å². The van der Waals surface area contributed by atoms with Crippen LogP contribution in [0.15, 0.2) is 36.7 Å². The van der Waals surface area contributed by atoms with Crippen LogP contribution in [0, 0.1) is 18.3 Å². The maximum Gasteiger partial charge on any atom is 0.268 e. The fourth-order valence-corrected chi connectivity index (χ4v) is 3.35. The van der Waals surface area contributed by atoms with E-state index < -0.39 is 0 Å². The molecule has 0 atom stereocenters. The van der Waals surface area contributed by atoms with Gasteiger partial charge in [-0.2, -0.15) is 5.26 Å². The van der Waals surface area contributed by atoms with Crippen LogP contribution in [0.25, 0.3) is 22.0 Å². The Morgan fingerprint density at radius 3 is 2.83 bits per heavy atom. The summed E-state index contributed by atoms with van der Waals surface area (Å²) in [7, 11) is 0. The van der Waals surface area contributed by atoms with Crippen molar-refractivity contribution in [1.29, 1.82) is 5.26 Å². The fourth-order valence-electron chi connectivity index (χ4n) is 3.35. The number of rotatable bonds is 1. The second kappa shape index (κ2) is 4.96. The second-order valence-electron chi connectivity index (χ2n) is 5.65. The van der Waals surface area contributed by atoms with Crippen molar-refractivity contribution in [2.75, 3.05) is 6.54 Å². The Balaban J connectivity index is 2.16. The van der Waals surface area contributed by atoms with Crippen LogP contribution in [0.5, 0.6) is 0 Å². The minimum absolute atomic E-state index is 0.0517. The number of nitriles is 1. The minimum atomic E-state index is -0.0517. The molecule has 23 heavy (non-hydrogen) atoms. The molecule has 3 aromatic rings. The number of carbonyl (C=O) groups is 1. The molecule has 1 amide bonds. The Morgan fingerprint density at radius 1 is 1.30 bits per heavy atom. The number of hydrogen-bond acceptors (Lipinski definition) is 3. The van der Waals surface area contributed by atoms with Gasteiger partial charge in [-0.15, -0.1) is 0 Å². The Labute approximate surface area is 133 Å². The van der Waals surface area contributed by atoms with Crippen LogP contribution >= 0.6 is 0 Å². The van der Waals surface area contributed by atoms with Gasteiger partial charge in [0.05, 0.1) is 17.1 Å². The van der Waals surface area contributed by atoms with E-state index >= 15 is 0 Å².